The monoisotopic (exact) mass is 790 g/mol. The fourth-order valence-electron chi connectivity index (χ4n) is 6.35. The van der Waals surface area contributed by atoms with Crippen molar-refractivity contribution in [1.82, 2.24) is 38.9 Å². The van der Waals surface area contributed by atoms with Crippen LogP contribution in [0.1, 0.15) is 25.2 Å². The summed E-state index contributed by atoms with van der Waals surface area (Å²) >= 11 is 0. The molecular weight excluding hydrogens is 746 g/mol. The van der Waals surface area contributed by atoms with Crippen molar-refractivity contribution in [2.75, 3.05) is 65.7 Å². The van der Waals surface area contributed by atoms with Crippen LogP contribution in [0, 0.1) is 0 Å². The number of para-hydroxylation sites is 4. The minimum absolute atomic E-state index is 0. The minimum Gasteiger partial charge on any atom is -0.394 e. The van der Waals surface area contributed by atoms with Gasteiger partial charge in [0, 0.05) is 73.9 Å². The smallest absolute Gasteiger partial charge is 0.394 e. The number of fused-ring (bicyclic) bond motifs is 2. The minimum atomic E-state index is 0. The number of benzene rings is 2. The van der Waals surface area contributed by atoms with Crippen LogP contribution in [0.2, 0.25) is 0 Å². The van der Waals surface area contributed by atoms with E-state index in [2.05, 4.69) is 71.4 Å². The van der Waals surface area contributed by atoms with Crippen molar-refractivity contribution >= 4 is 33.5 Å². The number of pyridine rings is 2. The number of ether oxygens (including phenoxy) is 2. The van der Waals surface area contributed by atoms with Crippen molar-refractivity contribution in [2.45, 2.75) is 26.9 Å². The van der Waals surface area contributed by atoms with Crippen LogP contribution in [0.4, 0.5) is 0 Å². The van der Waals surface area contributed by atoms with Gasteiger partial charge >= 0.3 is 19.5 Å². The summed E-state index contributed by atoms with van der Waals surface area (Å²) in [6, 6.07) is 27.7. The summed E-state index contributed by atoms with van der Waals surface area (Å²) in [6.45, 7) is 14.4. The summed E-state index contributed by atoms with van der Waals surface area (Å²) in [4.78, 5) is 22.8. The van der Waals surface area contributed by atoms with Gasteiger partial charge in [0.1, 0.15) is 0 Å². The Hall–Kier alpha value is -4.92. The van der Waals surface area contributed by atoms with Crippen LogP contribution in [-0.4, -0.2) is 106 Å². The van der Waals surface area contributed by atoms with Crippen molar-refractivity contribution in [1.29, 1.82) is 0 Å². The van der Waals surface area contributed by atoms with E-state index in [4.69, 9.17) is 9.47 Å². The number of rotatable bonds is 10. The Bertz CT molecular complexity index is 2140. The molecule has 2 aromatic carbocycles. The summed E-state index contributed by atoms with van der Waals surface area (Å²) in [5.74, 6) is 0. The van der Waals surface area contributed by atoms with Gasteiger partial charge in [-0.05, 0) is 62.2 Å². The van der Waals surface area contributed by atoms with E-state index < -0.39 is 0 Å². The maximum absolute atomic E-state index is 5.43. The number of imidazole rings is 2. The average molecular weight is 792 g/mol. The first-order valence-corrected chi connectivity index (χ1v) is 18.5. The van der Waals surface area contributed by atoms with Gasteiger partial charge in [-0.15, -0.1) is 0 Å². The molecule has 8 rings (SSSR count). The van der Waals surface area contributed by atoms with E-state index >= 15 is 0 Å². The zero-order chi connectivity index (χ0) is 37.0. The molecule has 0 atom stereocenters. The number of hydrogen-bond donors (Lipinski definition) is 0. The molecule has 55 heavy (non-hydrogen) atoms. The number of hydrogen-bond acceptors (Lipinski definition) is 10. The van der Waals surface area contributed by atoms with E-state index in [1.165, 1.54) is 0 Å². The second-order valence-electron chi connectivity index (χ2n) is 13.0. The molecule has 0 spiro atoms. The topological polar surface area (TPSA) is 138 Å². The van der Waals surface area contributed by atoms with Gasteiger partial charge < -0.3 is 28.6 Å². The quantitative estimate of drug-likeness (QED) is 0.117. The number of aromatic nitrogens is 6. The average Bonchev–Trinajstić information content (AvgIpc) is 3.79. The van der Waals surface area contributed by atoms with E-state index in [9.17, 15) is 0 Å². The second kappa shape index (κ2) is 20.1. The number of morpholine rings is 2. The Kier molecular flexibility index (Phi) is 14.6. The van der Waals surface area contributed by atoms with Crippen molar-refractivity contribution in [2.24, 2.45) is 20.4 Å². The molecule has 0 saturated carbocycles. The van der Waals surface area contributed by atoms with Crippen LogP contribution < -0.4 is 21.2 Å². The molecule has 14 nitrogen and oxygen atoms in total. The SMILES string of the molecule is CC(=NN=c1[n-]c2ccccc2n1CCN1CCOCC1)c1ccccn1.CC(=NN=c1[n-]c2ccccc2n1CCN1CCOCC1)c1ccccn1.[Zn+2]. The predicted molar refractivity (Wildman–Crippen MR) is 209 cm³/mol. The molecule has 0 N–H and O–H groups in total. The van der Waals surface area contributed by atoms with Gasteiger partial charge in [0.25, 0.3) is 0 Å². The molecule has 4 aromatic heterocycles. The first kappa shape index (κ1) is 39.8. The van der Waals surface area contributed by atoms with E-state index in [-0.39, 0.29) is 19.5 Å². The van der Waals surface area contributed by atoms with E-state index in [1.807, 2.05) is 86.6 Å². The molecule has 6 aromatic rings. The first-order chi connectivity index (χ1) is 26.6. The Balaban J connectivity index is 0.000000184. The normalized spacial score (nSPS) is 16.6. The van der Waals surface area contributed by atoms with Crippen molar-refractivity contribution in [3.8, 4) is 0 Å². The summed E-state index contributed by atoms with van der Waals surface area (Å²) in [5, 5.41) is 17.6. The van der Waals surface area contributed by atoms with E-state index in [0.717, 1.165) is 124 Å². The van der Waals surface area contributed by atoms with Gasteiger partial charge in [0.05, 0.1) is 49.2 Å². The standard InChI is InChI=1S/2C20H23N6O.Zn/c2*1-16(17-6-4-5-9-21-17)23-24-20-22-18-7-2-3-8-19(18)26(20)11-10-25-12-14-27-15-13-25;/h2*2-9H,10-15H2,1H3;/q2*-1;+2. The number of nitrogens with zero attached hydrogens (tertiary/aromatic N) is 12. The Morgan fingerprint density at radius 2 is 0.964 bits per heavy atom. The van der Waals surface area contributed by atoms with Gasteiger partial charge in [-0.25, -0.2) is 10.2 Å². The van der Waals surface area contributed by atoms with Crippen LogP contribution in [0.3, 0.4) is 0 Å². The van der Waals surface area contributed by atoms with Crippen LogP contribution in [0.15, 0.2) is 118 Å². The van der Waals surface area contributed by atoms with Crippen LogP contribution in [0.25, 0.3) is 22.1 Å². The molecule has 0 bridgehead atoms. The fraction of sp³-hybridized carbons (Fsp3) is 0.350. The molecule has 2 saturated heterocycles. The van der Waals surface area contributed by atoms with Crippen molar-refractivity contribution < 1.29 is 29.0 Å². The summed E-state index contributed by atoms with van der Waals surface area (Å²) in [7, 11) is 0. The maximum Gasteiger partial charge on any atom is 2.00 e. The summed E-state index contributed by atoms with van der Waals surface area (Å²) in [5.41, 5.74) is 8.44. The zero-order valence-corrected chi connectivity index (χ0v) is 34.6. The molecule has 2 aliphatic rings. The molecular formula is C40H46N12O2Zn. The molecule has 280 valence electrons. The third-order valence-electron chi connectivity index (χ3n) is 9.41. The first-order valence-electron chi connectivity index (χ1n) is 18.5. The van der Waals surface area contributed by atoms with Gasteiger partial charge in [-0.3, -0.25) is 30.0 Å². The molecule has 0 radical (unpaired) electrons. The van der Waals surface area contributed by atoms with Crippen LogP contribution in [0.5, 0.6) is 0 Å². The summed E-state index contributed by atoms with van der Waals surface area (Å²) in [6.07, 6.45) is 3.51. The van der Waals surface area contributed by atoms with Gasteiger partial charge in [0.2, 0.25) is 0 Å². The predicted octanol–water partition coefficient (Wildman–Crippen LogP) is 3.30. The molecule has 0 unspecified atom stereocenters. The Morgan fingerprint density at radius 1 is 0.564 bits per heavy atom. The molecule has 6 heterocycles. The second-order valence-corrected chi connectivity index (χ2v) is 13.0. The van der Waals surface area contributed by atoms with Crippen LogP contribution in [-0.2, 0) is 42.0 Å². The van der Waals surface area contributed by atoms with Crippen molar-refractivity contribution in [3.05, 3.63) is 120 Å². The molecule has 0 aliphatic carbocycles. The largest absolute Gasteiger partial charge is 2.00 e. The molecule has 0 amide bonds. The fourth-order valence-corrected chi connectivity index (χ4v) is 6.35. The Labute approximate surface area is 333 Å². The molecule has 2 aliphatic heterocycles. The third-order valence-corrected chi connectivity index (χ3v) is 9.41. The third kappa shape index (κ3) is 10.6. The van der Waals surface area contributed by atoms with E-state index in [1.54, 1.807) is 12.4 Å². The van der Waals surface area contributed by atoms with Crippen LogP contribution >= 0.6 is 0 Å². The molecule has 15 heteroatoms. The Morgan fingerprint density at radius 3 is 1.36 bits per heavy atom. The van der Waals surface area contributed by atoms with Crippen molar-refractivity contribution in [3.63, 3.8) is 0 Å². The van der Waals surface area contributed by atoms with Gasteiger partial charge in [-0.2, -0.15) is 0 Å². The van der Waals surface area contributed by atoms with Gasteiger partial charge in [0.15, 0.2) is 0 Å². The molecule has 2 fully saturated rings. The van der Waals surface area contributed by atoms with Gasteiger partial charge in [-0.1, -0.05) is 60.7 Å². The summed E-state index contributed by atoms with van der Waals surface area (Å²) < 4.78 is 15.1. The zero-order valence-electron chi connectivity index (χ0n) is 31.6. The van der Waals surface area contributed by atoms with E-state index in [0.29, 0.717) is 11.2 Å². The maximum atomic E-state index is 5.43.